The number of likely N-dealkylation sites (tertiary alicyclic amines) is 1. The van der Waals surface area contributed by atoms with Gasteiger partial charge in [-0.05, 0) is 63.1 Å². The number of aliphatic hydroxyl groups is 3. The molecule has 0 radical (unpaired) electrons. The number of carbonyl (C=O) groups excluding carboxylic acids is 4. The van der Waals surface area contributed by atoms with Crippen LogP contribution in [-0.2, 0) is 19.2 Å². The zero-order chi connectivity index (χ0) is 38.5. The Labute approximate surface area is 305 Å². The summed E-state index contributed by atoms with van der Waals surface area (Å²) >= 11 is 0. The van der Waals surface area contributed by atoms with Crippen LogP contribution >= 0.6 is 0 Å². The lowest BCUT2D eigenvalue weighted by atomic mass is 9.89. The number of fused-ring (bicyclic) bond motifs is 1. The second-order valence-electron chi connectivity index (χ2n) is 16.1. The number of hydrogen-bond donors (Lipinski definition) is 5. The molecule has 1 aliphatic carbocycles. The average molecular weight is 716 g/mol. The predicted octanol–water partition coefficient (Wildman–Crippen LogP) is 2.56. The third-order valence-electron chi connectivity index (χ3n) is 11.2. The Morgan fingerprint density at radius 2 is 1.47 bits per heavy atom. The van der Waals surface area contributed by atoms with Crippen LogP contribution in [0.15, 0.2) is 30.3 Å². The maximum Gasteiger partial charge on any atom is 0.245 e. The van der Waals surface area contributed by atoms with E-state index >= 15 is 0 Å². The maximum atomic E-state index is 14.0. The summed E-state index contributed by atoms with van der Waals surface area (Å²) in [7, 11) is 5.28. The molecule has 1 aliphatic heterocycles. The number of likely N-dealkylation sites (N-methyl/N-ethyl adjacent to an activating group) is 2. The van der Waals surface area contributed by atoms with Gasteiger partial charge in [-0.1, -0.05) is 85.2 Å². The molecule has 4 amide bonds. The lowest BCUT2D eigenvalue weighted by molar-refractivity contribution is -0.147. The summed E-state index contributed by atoms with van der Waals surface area (Å²) < 4.78 is 0. The van der Waals surface area contributed by atoms with E-state index in [-0.39, 0.29) is 53.9 Å². The maximum absolute atomic E-state index is 14.0. The number of carbonyl (C=O) groups is 4. The molecule has 12 heteroatoms. The highest BCUT2D eigenvalue weighted by atomic mass is 16.3. The van der Waals surface area contributed by atoms with Gasteiger partial charge in [-0.3, -0.25) is 24.1 Å². The van der Waals surface area contributed by atoms with E-state index in [0.29, 0.717) is 18.4 Å². The molecule has 288 valence electrons. The summed E-state index contributed by atoms with van der Waals surface area (Å²) in [5.41, 5.74) is 0.668. The van der Waals surface area contributed by atoms with Gasteiger partial charge >= 0.3 is 0 Å². The molecular weight excluding hydrogens is 650 g/mol. The first-order valence-corrected chi connectivity index (χ1v) is 18.8. The summed E-state index contributed by atoms with van der Waals surface area (Å²) in [6, 6.07) is 5.80. The fraction of sp³-hybridized carbons (Fsp3) is 0.744. The van der Waals surface area contributed by atoms with Crippen LogP contribution in [0.4, 0.5) is 0 Å². The SMILES string of the molecule is CC[C@H](C)[C@@H]([C@H](O)CC(=O)N1[C@H]2C[C@H]2C[C@H]1[C@H](O)[C@@H](C)C(=O)N[C@H](C)[C@@H](O)c1ccccc1)N(C)C(=O)[C@@H](NC(=O)[C@H](C(C)C)N(C)C)C(C)C. The van der Waals surface area contributed by atoms with Crippen molar-refractivity contribution in [2.45, 2.75) is 136 Å². The van der Waals surface area contributed by atoms with Crippen molar-refractivity contribution >= 4 is 23.6 Å². The molecule has 1 saturated carbocycles. The first-order valence-electron chi connectivity index (χ1n) is 18.8. The predicted molar refractivity (Wildman–Crippen MR) is 197 cm³/mol. The van der Waals surface area contributed by atoms with E-state index in [9.17, 15) is 34.5 Å². The van der Waals surface area contributed by atoms with E-state index in [4.69, 9.17) is 0 Å². The van der Waals surface area contributed by atoms with E-state index in [1.54, 1.807) is 37.9 Å². The molecule has 0 spiro atoms. The molecule has 1 aromatic rings. The minimum Gasteiger partial charge on any atom is -0.390 e. The quantitative estimate of drug-likeness (QED) is 0.155. The van der Waals surface area contributed by atoms with Crippen molar-refractivity contribution in [2.24, 2.45) is 29.6 Å². The fourth-order valence-corrected chi connectivity index (χ4v) is 7.95. The van der Waals surface area contributed by atoms with Crippen LogP contribution in [0.3, 0.4) is 0 Å². The second kappa shape index (κ2) is 18.1. The molecular formula is C39H65N5O7. The summed E-state index contributed by atoms with van der Waals surface area (Å²) in [5.74, 6) is -2.33. The van der Waals surface area contributed by atoms with E-state index in [0.717, 1.165) is 6.42 Å². The summed E-state index contributed by atoms with van der Waals surface area (Å²) in [6.45, 7) is 14.9. The lowest BCUT2D eigenvalue weighted by Crippen LogP contribution is -2.59. The van der Waals surface area contributed by atoms with E-state index in [1.165, 1.54) is 4.90 Å². The van der Waals surface area contributed by atoms with Gasteiger partial charge in [0.2, 0.25) is 23.6 Å². The van der Waals surface area contributed by atoms with Crippen molar-refractivity contribution < 1.29 is 34.5 Å². The number of nitrogens with zero attached hydrogens (tertiary/aromatic N) is 3. The Hall–Kier alpha value is -3.06. The molecule has 1 heterocycles. The molecule has 51 heavy (non-hydrogen) atoms. The number of aliphatic hydroxyl groups excluding tert-OH is 3. The van der Waals surface area contributed by atoms with Crippen LogP contribution in [0.25, 0.3) is 0 Å². The van der Waals surface area contributed by atoms with E-state index in [2.05, 4.69) is 10.6 Å². The van der Waals surface area contributed by atoms with Gasteiger partial charge < -0.3 is 35.8 Å². The number of hydrogen-bond acceptors (Lipinski definition) is 8. The molecule has 12 atom stereocenters. The Balaban J connectivity index is 1.72. The highest BCUT2D eigenvalue weighted by Crippen LogP contribution is 2.49. The van der Waals surface area contributed by atoms with Gasteiger partial charge in [0, 0.05) is 13.1 Å². The van der Waals surface area contributed by atoms with Crippen molar-refractivity contribution in [3.05, 3.63) is 35.9 Å². The number of benzene rings is 1. The average Bonchev–Trinajstić information content (AvgIpc) is 3.73. The number of amides is 4. The van der Waals surface area contributed by atoms with Gasteiger partial charge in [-0.25, -0.2) is 0 Å². The summed E-state index contributed by atoms with van der Waals surface area (Å²) in [5, 5.41) is 39.7. The van der Waals surface area contributed by atoms with Gasteiger partial charge in [-0.2, -0.15) is 0 Å². The molecule has 1 aromatic carbocycles. The third kappa shape index (κ3) is 10.1. The molecule has 0 aromatic heterocycles. The Morgan fingerprint density at radius 1 is 0.863 bits per heavy atom. The van der Waals surface area contributed by atoms with Crippen LogP contribution in [-0.4, -0.2) is 123 Å². The van der Waals surface area contributed by atoms with Crippen LogP contribution < -0.4 is 10.6 Å². The van der Waals surface area contributed by atoms with E-state index in [1.807, 2.05) is 78.7 Å². The van der Waals surface area contributed by atoms with Crippen LogP contribution in [0.1, 0.15) is 92.7 Å². The first-order chi connectivity index (χ1) is 23.8. The van der Waals surface area contributed by atoms with Crippen LogP contribution in [0.2, 0.25) is 0 Å². The number of rotatable bonds is 18. The zero-order valence-electron chi connectivity index (χ0n) is 32.6. The van der Waals surface area contributed by atoms with Crippen molar-refractivity contribution in [2.75, 3.05) is 21.1 Å². The Morgan fingerprint density at radius 3 is 2.00 bits per heavy atom. The van der Waals surface area contributed by atoms with Crippen molar-refractivity contribution in [1.29, 1.82) is 0 Å². The molecule has 3 rings (SSSR count). The largest absolute Gasteiger partial charge is 0.390 e. The van der Waals surface area contributed by atoms with Gasteiger partial charge in [0.05, 0.1) is 54.8 Å². The highest BCUT2D eigenvalue weighted by molar-refractivity contribution is 5.90. The normalized spacial score (nSPS) is 23.8. The van der Waals surface area contributed by atoms with Crippen molar-refractivity contribution in [1.82, 2.24) is 25.3 Å². The minimum absolute atomic E-state index is 0.0220. The van der Waals surface area contributed by atoms with Crippen molar-refractivity contribution in [3.63, 3.8) is 0 Å². The molecule has 5 N–H and O–H groups in total. The lowest BCUT2D eigenvalue weighted by Gasteiger charge is -2.40. The van der Waals surface area contributed by atoms with E-state index < -0.39 is 60.3 Å². The van der Waals surface area contributed by atoms with Crippen LogP contribution in [0, 0.1) is 29.6 Å². The molecule has 2 fully saturated rings. The smallest absolute Gasteiger partial charge is 0.245 e. The molecule has 0 unspecified atom stereocenters. The molecule has 1 saturated heterocycles. The number of piperidine rings is 1. The third-order valence-corrected chi connectivity index (χ3v) is 11.2. The van der Waals surface area contributed by atoms with Crippen molar-refractivity contribution in [3.8, 4) is 0 Å². The monoisotopic (exact) mass is 715 g/mol. The van der Waals surface area contributed by atoms with Crippen LogP contribution in [0.5, 0.6) is 0 Å². The minimum atomic E-state index is -1.20. The molecule has 12 nitrogen and oxygen atoms in total. The topological polar surface area (TPSA) is 163 Å². The second-order valence-corrected chi connectivity index (χ2v) is 16.1. The molecule has 2 aliphatic rings. The van der Waals surface area contributed by atoms with Gasteiger partial charge in [0.1, 0.15) is 6.04 Å². The Kier molecular flexibility index (Phi) is 15.0. The summed E-state index contributed by atoms with van der Waals surface area (Å²) in [4.78, 5) is 59.6. The fourth-order valence-electron chi connectivity index (χ4n) is 7.95. The summed E-state index contributed by atoms with van der Waals surface area (Å²) in [6.07, 6.45) is -1.53. The van der Waals surface area contributed by atoms with Gasteiger partial charge in [-0.15, -0.1) is 0 Å². The first kappa shape index (κ1) is 42.4. The molecule has 0 bridgehead atoms. The zero-order valence-corrected chi connectivity index (χ0v) is 32.6. The highest BCUT2D eigenvalue weighted by Gasteiger charge is 2.57. The number of nitrogens with one attached hydrogen (secondary N) is 2. The Bertz CT molecular complexity index is 1320. The van der Waals surface area contributed by atoms with Gasteiger partial charge in [0.15, 0.2) is 0 Å². The van der Waals surface area contributed by atoms with Gasteiger partial charge in [0.25, 0.3) is 0 Å². The standard InChI is InChI=1S/C39H65N5O7/c1-12-23(6)34(43(11)39(51)32(21(2)3)41-38(50)33(22(4)5)42(9)10)30(45)20-31(46)44-28-18-27(28)19-29(44)35(47)24(7)37(49)40-25(8)36(48)26-16-14-13-15-17-26/h13-17,21-25,27-30,32-36,45,47-48H,12,18-20H2,1-11H3,(H,40,49)(H,41,50)/t23-,24+,25+,27-,28-,29-,30+,32-,33-,34-,35+,36+/m0/s1.